The number of furan rings is 1. The van der Waals surface area contributed by atoms with E-state index in [0.717, 1.165) is 82.8 Å². The van der Waals surface area contributed by atoms with E-state index in [1.54, 1.807) is 0 Å². The van der Waals surface area contributed by atoms with Gasteiger partial charge in [0.1, 0.15) is 11.2 Å². The quantitative estimate of drug-likeness (QED) is 0.177. The highest BCUT2D eigenvalue weighted by atomic mass is 16.3. The standard InChI is InChI=1S/C51H31N5O/c1-4-15-32(16-5-1)49-52-50(33-17-6-2-7-18-33)54-51(53-49)34-19-14-22-36(29-34)55-43-28-27-39-37-23-10-12-25-42(37)56(35-20-8-3-9-21-35)48(39)47(43)41-31-46-40(30-44(41)55)38-24-11-13-26-45(38)57-46/h1-31H. The molecule has 0 unspecified atom stereocenters. The second-order valence-electron chi connectivity index (χ2n) is 14.4. The SMILES string of the molecule is c1ccc(-c2nc(-c3ccccc3)nc(-c3cccc(-n4c5cc6c(cc5c5c4ccc4c7ccccc7n(-c7ccccc7)c45)oc4ccccc46)c3)n2)cc1. The van der Waals surface area contributed by atoms with Crippen LogP contribution in [0.25, 0.3) is 111 Å². The van der Waals surface area contributed by atoms with Gasteiger partial charge in [-0.1, -0.05) is 133 Å². The average molecular weight is 730 g/mol. The first kappa shape index (κ1) is 31.5. The lowest BCUT2D eigenvalue weighted by molar-refractivity contribution is 0.669. The predicted octanol–water partition coefficient (Wildman–Crippen LogP) is 13.0. The zero-order valence-electron chi connectivity index (χ0n) is 30.5. The first-order chi connectivity index (χ1) is 28.3. The highest BCUT2D eigenvalue weighted by molar-refractivity contribution is 6.28. The van der Waals surface area contributed by atoms with Crippen LogP contribution in [-0.4, -0.2) is 24.1 Å². The minimum atomic E-state index is 0.611. The highest BCUT2D eigenvalue weighted by Gasteiger charge is 2.23. The van der Waals surface area contributed by atoms with Crippen molar-refractivity contribution in [2.24, 2.45) is 0 Å². The molecule has 4 aromatic heterocycles. The number of hydrogen-bond acceptors (Lipinski definition) is 4. The Balaban J connectivity index is 1.17. The second-order valence-corrected chi connectivity index (χ2v) is 14.4. The van der Waals surface area contributed by atoms with Crippen molar-refractivity contribution in [1.29, 1.82) is 0 Å². The molecule has 0 aliphatic carbocycles. The normalized spacial score (nSPS) is 11.9. The number of para-hydroxylation sites is 3. The van der Waals surface area contributed by atoms with Crippen LogP contribution in [0.1, 0.15) is 0 Å². The molecule has 57 heavy (non-hydrogen) atoms. The topological polar surface area (TPSA) is 61.7 Å². The summed E-state index contributed by atoms with van der Waals surface area (Å²) in [5.41, 5.74) is 11.1. The Morgan fingerprint density at radius 1 is 0.333 bits per heavy atom. The first-order valence-electron chi connectivity index (χ1n) is 19.1. The molecular formula is C51H31N5O. The molecule has 0 saturated carbocycles. The molecule has 12 rings (SSSR count). The van der Waals surface area contributed by atoms with E-state index < -0.39 is 0 Å². The summed E-state index contributed by atoms with van der Waals surface area (Å²) in [5.74, 6) is 1.87. The van der Waals surface area contributed by atoms with Gasteiger partial charge in [-0.25, -0.2) is 15.0 Å². The third kappa shape index (κ3) is 4.87. The van der Waals surface area contributed by atoms with Gasteiger partial charge in [0.2, 0.25) is 0 Å². The van der Waals surface area contributed by atoms with E-state index in [0.29, 0.717) is 17.5 Å². The number of benzene rings is 8. The van der Waals surface area contributed by atoms with Gasteiger partial charge >= 0.3 is 0 Å². The van der Waals surface area contributed by atoms with E-state index in [1.165, 1.54) is 10.8 Å². The van der Waals surface area contributed by atoms with Crippen LogP contribution in [0.5, 0.6) is 0 Å². The molecule has 0 aliphatic heterocycles. The zero-order chi connectivity index (χ0) is 37.5. The van der Waals surface area contributed by atoms with Crippen LogP contribution in [0.2, 0.25) is 0 Å². The summed E-state index contributed by atoms with van der Waals surface area (Å²) in [7, 11) is 0. The van der Waals surface area contributed by atoms with Crippen molar-refractivity contribution in [2.45, 2.75) is 0 Å². The summed E-state index contributed by atoms with van der Waals surface area (Å²) in [5, 5.41) is 6.86. The lowest BCUT2D eigenvalue weighted by atomic mass is 10.1. The Bertz CT molecular complexity index is 3450. The largest absolute Gasteiger partial charge is 0.456 e. The van der Waals surface area contributed by atoms with Crippen molar-refractivity contribution < 1.29 is 4.42 Å². The Morgan fingerprint density at radius 3 is 1.67 bits per heavy atom. The molecule has 4 heterocycles. The first-order valence-corrected chi connectivity index (χ1v) is 19.1. The minimum Gasteiger partial charge on any atom is -0.456 e. The van der Waals surface area contributed by atoms with Crippen molar-refractivity contribution in [2.75, 3.05) is 0 Å². The van der Waals surface area contributed by atoms with E-state index in [-0.39, 0.29) is 0 Å². The Labute approximate surface area is 326 Å². The van der Waals surface area contributed by atoms with Crippen LogP contribution < -0.4 is 0 Å². The van der Waals surface area contributed by atoms with E-state index in [9.17, 15) is 0 Å². The molecule has 6 heteroatoms. The van der Waals surface area contributed by atoms with Crippen LogP contribution in [-0.2, 0) is 0 Å². The van der Waals surface area contributed by atoms with E-state index >= 15 is 0 Å². The maximum Gasteiger partial charge on any atom is 0.164 e. The molecule has 6 nitrogen and oxygen atoms in total. The molecule has 0 atom stereocenters. The zero-order valence-corrected chi connectivity index (χ0v) is 30.5. The van der Waals surface area contributed by atoms with E-state index in [1.807, 2.05) is 72.8 Å². The fraction of sp³-hybridized carbons (Fsp3) is 0. The van der Waals surface area contributed by atoms with Crippen molar-refractivity contribution in [1.82, 2.24) is 24.1 Å². The van der Waals surface area contributed by atoms with Gasteiger partial charge in [-0.15, -0.1) is 0 Å². The molecule has 0 amide bonds. The predicted molar refractivity (Wildman–Crippen MR) is 232 cm³/mol. The van der Waals surface area contributed by atoms with Crippen LogP contribution in [0.3, 0.4) is 0 Å². The van der Waals surface area contributed by atoms with E-state index in [4.69, 9.17) is 19.4 Å². The number of fused-ring (bicyclic) bond motifs is 10. The Hall–Kier alpha value is -7.83. The number of rotatable bonds is 5. The van der Waals surface area contributed by atoms with Gasteiger partial charge < -0.3 is 13.6 Å². The van der Waals surface area contributed by atoms with Gasteiger partial charge in [-0.2, -0.15) is 0 Å². The molecule has 0 radical (unpaired) electrons. The molecule has 8 aromatic carbocycles. The summed E-state index contributed by atoms with van der Waals surface area (Å²) in [6, 6.07) is 65.5. The average Bonchev–Trinajstić information content (AvgIpc) is 3.93. The monoisotopic (exact) mass is 729 g/mol. The summed E-state index contributed by atoms with van der Waals surface area (Å²) >= 11 is 0. The summed E-state index contributed by atoms with van der Waals surface area (Å²) < 4.78 is 11.3. The minimum absolute atomic E-state index is 0.611. The fourth-order valence-electron chi connectivity index (χ4n) is 8.62. The summed E-state index contributed by atoms with van der Waals surface area (Å²) in [4.78, 5) is 15.1. The maximum absolute atomic E-state index is 6.54. The van der Waals surface area contributed by atoms with Crippen LogP contribution in [0.4, 0.5) is 0 Å². The van der Waals surface area contributed by atoms with Crippen LogP contribution in [0, 0.1) is 0 Å². The number of aromatic nitrogens is 5. The molecule has 0 bridgehead atoms. The van der Waals surface area contributed by atoms with Gasteiger partial charge in [0.25, 0.3) is 0 Å². The van der Waals surface area contributed by atoms with Crippen molar-refractivity contribution >= 4 is 65.6 Å². The maximum atomic E-state index is 6.54. The van der Waals surface area contributed by atoms with Crippen molar-refractivity contribution in [3.63, 3.8) is 0 Å². The molecule has 0 aliphatic rings. The molecule has 266 valence electrons. The highest BCUT2D eigenvalue weighted by Crippen LogP contribution is 2.44. The van der Waals surface area contributed by atoms with Crippen molar-refractivity contribution in [3.05, 3.63) is 188 Å². The van der Waals surface area contributed by atoms with E-state index in [2.05, 4.69) is 124 Å². The van der Waals surface area contributed by atoms with Crippen LogP contribution >= 0.6 is 0 Å². The fourth-order valence-corrected chi connectivity index (χ4v) is 8.62. The molecule has 0 N–H and O–H groups in total. The van der Waals surface area contributed by atoms with Gasteiger partial charge in [-0.05, 0) is 54.6 Å². The molecule has 12 aromatic rings. The Kier molecular flexibility index (Phi) is 6.83. The molecule has 0 spiro atoms. The number of nitrogens with zero attached hydrogens (tertiary/aromatic N) is 5. The molecule has 0 fully saturated rings. The van der Waals surface area contributed by atoms with Gasteiger partial charge in [0.15, 0.2) is 17.5 Å². The summed E-state index contributed by atoms with van der Waals surface area (Å²) in [6.07, 6.45) is 0. The lowest BCUT2D eigenvalue weighted by Gasteiger charge is -2.12. The smallest absolute Gasteiger partial charge is 0.164 e. The Morgan fingerprint density at radius 2 is 0.930 bits per heavy atom. The van der Waals surface area contributed by atoms with Gasteiger partial charge in [-0.3, -0.25) is 0 Å². The summed E-state index contributed by atoms with van der Waals surface area (Å²) in [6.45, 7) is 0. The third-order valence-corrected chi connectivity index (χ3v) is 11.1. The van der Waals surface area contributed by atoms with Crippen LogP contribution in [0.15, 0.2) is 192 Å². The third-order valence-electron chi connectivity index (χ3n) is 11.1. The molecule has 0 saturated heterocycles. The van der Waals surface area contributed by atoms with Gasteiger partial charge in [0, 0.05) is 60.4 Å². The van der Waals surface area contributed by atoms with Gasteiger partial charge in [0.05, 0.1) is 22.1 Å². The van der Waals surface area contributed by atoms with Crippen molar-refractivity contribution in [3.8, 4) is 45.5 Å². The molecular weight excluding hydrogens is 699 g/mol. The number of hydrogen-bond donors (Lipinski definition) is 0. The lowest BCUT2D eigenvalue weighted by Crippen LogP contribution is -2.01. The second kappa shape index (κ2) is 12.3.